The number of hydrogen-bond donors (Lipinski definition) is 3. The largest absolute Gasteiger partial charge is 0.321 e. The molecular weight excluding hydrogens is 312 g/mol. The number of allylic oxidation sites excluding steroid dienone is 2. The lowest BCUT2D eigenvalue weighted by Gasteiger charge is -2.07. The van der Waals surface area contributed by atoms with Crippen molar-refractivity contribution in [1.82, 2.24) is 15.2 Å². The Bertz CT molecular complexity index is 771. The first-order valence-corrected chi connectivity index (χ1v) is 8.31. The molecule has 1 aromatic heterocycles. The molecule has 0 bridgehead atoms. The fourth-order valence-corrected chi connectivity index (χ4v) is 2.78. The number of nitrogens with one attached hydrogen (secondary N) is 1. The number of hydrogen-bond acceptors (Lipinski definition) is 4. The van der Waals surface area contributed by atoms with Gasteiger partial charge in [-0.3, -0.25) is 4.68 Å². The van der Waals surface area contributed by atoms with Gasteiger partial charge in [0.15, 0.2) is 5.84 Å². The lowest BCUT2D eigenvalue weighted by atomic mass is 10.1. The van der Waals surface area contributed by atoms with Gasteiger partial charge < -0.3 is 11.3 Å². The van der Waals surface area contributed by atoms with Gasteiger partial charge in [0.1, 0.15) is 5.69 Å². The zero-order valence-electron chi connectivity index (χ0n) is 14.9. The highest BCUT2D eigenvalue weighted by molar-refractivity contribution is 5.98. The van der Waals surface area contributed by atoms with Crippen LogP contribution in [0.3, 0.4) is 0 Å². The molecule has 1 heterocycles. The van der Waals surface area contributed by atoms with E-state index in [1.165, 1.54) is 11.1 Å². The van der Waals surface area contributed by atoms with Gasteiger partial charge >= 0.3 is 0 Å². The maximum atomic E-state index is 5.56. The minimum absolute atomic E-state index is 0.375. The molecular formula is C19H26N6. The molecule has 0 aliphatic rings. The summed E-state index contributed by atoms with van der Waals surface area (Å²) in [5, 5.41) is 8.45. The smallest absolute Gasteiger partial charge is 0.187 e. The number of nitrogens with zero attached hydrogens (tertiary/aromatic N) is 3. The molecule has 2 rings (SSSR count). The zero-order chi connectivity index (χ0) is 18.2. The Kier molecular flexibility index (Phi) is 6.54. The van der Waals surface area contributed by atoms with Crippen LogP contribution in [0.2, 0.25) is 0 Å². The van der Waals surface area contributed by atoms with Crippen molar-refractivity contribution >= 4 is 11.9 Å². The highest BCUT2D eigenvalue weighted by atomic mass is 15.3. The first-order valence-electron chi connectivity index (χ1n) is 8.31. The van der Waals surface area contributed by atoms with Crippen molar-refractivity contribution < 1.29 is 0 Å². The summed E-state index contributed by atoms with van der Waals surface area (Å²) in [6, 6.07) is 10.2. The van der Waals surface area contributed by atoms with E-state index in [-0.39, 0.29) is 0 Å². The quantitative estimate of drug-likeness (QED) is 0.238. The van der Waals surface area contributed by atoms with Crippen LogP contribution in [0, 0.1) is 0 Å². The molecule has 0 atom stereocenters. The molecule has 0 amide bonds. The Balaban J connectivity index is 2.58. The number of benzene rings is 1. The molecule has 6 nitrogen and oxygen atoms in total. The van der Waals surface area contributed by atoms with Crippen LogP contribution in [0.5, 0.6) is 0 Å². The van der Waals surface area contributed by atoms with Crippen LogP contribution in [0.4, 0.5) is 0 Å². The van der Waals surface area contributed by atoms with E-state index in [4.69, 9.17) is 16.8 Å². The molecule has 0 unspecified atom stereocenters. The topological polar surface area (TPSA) is 94.2 Å². The van der Waals surface area contributed by atoms with Gasteiger partial charge in [0, 0.05) is 5.56 Å². The number of amidine groups is 1. The van der Waals surface area contributed by atoms with Crippen molar-refractivity contribution in [2.75, 3.05) is 0 Å². The normalized spacial score (nSPS) is 12.3. The number of nitrogens with two attached hydrogens (primary N) is 2. The molecule has 0 saturated heterocycles. The standard InChI is InChI=1S/C19H26N6/c1-4-9-14(3)12-17-16(5-2)18(19(22-20)23-21)24-25(17)13-15-10-7-6-8-11-15/h4,6-8,10-12H,1,5,9,13,20-21H2,2-3H3,(H,22,23)/b14-12+. The molecule has 0 fully saturated rings. The molecule has 0 aliphatic heterocycles. The second-order valence-corrected chi connectivity index (χ2v) is 5.81. The fourth-order valence-electron chi connectivity index (χ4n) is 2.78. The minimum Gasteiger partial charge on any atom is -0.321 e. The van der Waals surface area contributed by atoms with Crippen molar-refractivity contribution in [3.63, 3.8) is 0 Å². The Hall–Kier alpha value is -2.86. The lowest BCUT2D eigenvalue weighted by Crippen LogP contribution is -2.33. The highest BCUT2D eigenvalue weighted by Crippen LogP contribution is 2.21. The minimum atomic E-state index is 0.375. The predicted molar refractivity (Wildman–Crippen MR) is 104 cm³/mol. The van der Waals surface area contributed by atoms with Gasteiger partial charge in [-0.2, -0.15) is 10.2 Å². The molecule has 2 aromatic rings. The number of hydrazine groups is 1. The third-order valence-corrected chi connectivity index (χ3v) is 3.96. The van der Waals surface area contributed by atoms with Crippen LogP contribution >= 0.6 is 0 Å². The van der Waals surface area contributed by atoms with Crippen LogP contribution in [-0.2, 0) is 13.0 Å². The van der Waals surface area contributed by atoms with E-state index in [1.54, 1.807) is 0 Å². The average Bonchev–Trinajstić information content (AvgIpc) is 2.94. The second kappa shape index (κ2) is 8.84. The summed E-state index contributed by atoms with van der Waals surface area (Å²) in [7, 11) is 0. The summed E-state index contributed by atoms with van der Waals surface area (Å²) in [4.78, 5) is 0. The van der Waals surface area contributed by atoms with Crippen molar-refractivity contribution in [3.8, 4) is 0 Å². The monoisotopic (exact) mass is 338 g/mol. The fraction of sp³-hybridized carbons (Fsp3) is 0.263. The molecule has 0 saturated carbocycles. The van der Waals surface area contributed by atoms with Crippen molar-refractivity contribution in [2.45, 2.75) is 33.2 Å². The molecule has 6 heteroatoms. The van der Waals surface area contributed by atoms with Crippen LogP contribution < -0.4 is 17.1 Å². The maximum Gasteiger partial charge on any atom is 0.187 e. The first-order chi connectivity index (χ1) is 12.1. The first kappa shape index (κ1) is 18.5. The average molecular weight is 338 g/mol. The van der Waals surface area contributed by atoms with Gasteiger partial charge in [-0.1, -0.05) is 48.9 Å². The summed E-state index contributed by atoms with van der Waals surface area (Å²) in [6.07, 6.45) is 5.65. The molecule has 1 aromatic carbocycles. The van der Waals surface area contributed by atoms with E-state index >= 15 is 0 Å². The SMILES string of the molecule is C=CC/C(C)=C/c1c(CC)c(/C(=N/N)NN)nn1Cc1ccccc1. The third kappa shape index (κ3) is 4.36. The maximum absolute atomic E-state index is 5.56. The van der Waals surface area contributed by atoms with Crippen LogP contribution in [0.25, 0.3) is 6.08 Å². The Labute approximate surface area is 148 Å². The van der Waals surface area contributed by atoms with Crippen molar-refractivity contribution in [3.05, 3.63) is 71.1 Å². The number of aromatic nitrogens is 2. The van der Waals surface area contributed by atoms with Crippen LogP contribution in [0.1, 0.15) is 42.8 Å². The molecule has 0 spiro atoms. The van der Waals surface area contributed by atoms with Gasteiger partial charge in [0.25, 0.3) is 0 Å². The van der Waals surface area contributed by atoms with Crippen LogP contribution in [0.15, 0.2) is 53.7 Å². The number of hydrazone groups is 1. The van der Waals surface area contributed by atoms with Gasteiger partial charge in [0.2, 0.25) is 0 Å². The Morgan fingerprint density at radius 3 is 2.64 bits per heavy atom. The predicted octanol–water partition coefficient (Wildman–Crippen LogP) is 2.56. The Morgan fingerprint density at radius 1 is 1.36 bits per heavy atom. The summed E-state index contributed by atoms with van der Waals surface area (Å²) in [5.41, 5.74) is 7.69. The lowest BCUT2D eigenvalue weighted by molar-refractivity contribution is 0.676. The number of rotatable bonds is 7. The van der Waals surface area contributed by atoms with Gasteiger partial charge in [-0.25, -0.2) is 5.84 Å². The third-order valence-electron chi connectivity index (χ3n) is 3.96. The molecule has 0 radical (unpaired) electrons. The van der Waals surface area contributed by atoms with E-state index in [1.807, 2.05) is 29.0 Å². The summed E-state index contributed by atoms with van der Waals surface area (Å²) in [5.74, 6) is 11.4. The van der Waals surface area contributed by atoms with E-state index in [2.05, 4.69) is 49.2 Å². The van der Waals surface area contributed by atoms with Crippen LogP contribution in [-0.4, -0.2) is 15.6 Å². The zero-order valence-corrected chi connectivity index (χ0v) is 14.9. The summed E-state index contributed by atoms with van der Waals surface area (Å²) >= 11 is 0. The van der Waals surface area contributed by atoms with E-state index < -0.39 is 0 Å². The molecule has 0 aliphatic carbocycles. The van der Waals surface area contributed by atoms with Crippen molar-refractivity contribution in [2.24, 2.45) is 16.8 Å². The molecule has 25 heavy (non-hydrogen) atoms. The van der Waals surface area contributed by atoms with E-state index in [9.17, 15) is 0 Å². The van der Waals surface area contributed by atoms with Crippen molar-refractivity contribution in [1.29, 1.82) is 0 Å². The van der Waals surface area contributed by atoms with E-state index in [0.717, 1.165) is 24.1 Å². The molecule has 132 valence electrons. The van der Waals surface area contributed by atoms with E-state index in [0.29, 0.717) is 18.1 Å². The van der Waals surface area contributed by atoms with Gasteiger partial charge in [-0.15, -0.1) is 6.58 Å². The summed E-state index contributed by atoms with van der Waals surface area (Å²) in [6.45, 7) is 8.63. The summed E-state index contributed by atoms with van der Waals surface area (Å²) < 4.78 is 1.97. The highest BCUT2D eigenvalue weighted by Gasteiger charge is 2.19. The van der Waals surface area contributed by atoms with Gasteiger partial charge in [-0.05, 0) is 31.4 Å². The second-order valence-electron chi connectivity index (χ2n) is 5.81. The Morgan fingerprint density at radius 2 is 2.08 bits per heavy atom. The van der Waals surface area contributed by atoms with Gasteiger partial charge in [0.05, 0.1) is 12.2 Å². The molecule has 5 N–H and O–H groups in total.